The predicted molar refractivity (Wildman–Crippen MR) is 76.1 cm³/mol. The number of halogens is 2. The molecule has 0 amide bonds. The highest BCUT2D eigenvalue weighted by Gasteiger charge is 2.20. The Hall–Kier alpha value is -2.20. The molecular formula is C17H14F2O2. The van der Waals surface area contributed by atoms with Gasteiger partial charge in [0.2, 0.25) is 0 Å². The number of hydrogen-bond acceptors (Lipinski definition) is 2. The molecule has 21 heavy (non-hydrogen) atoms. The van der Waals surface area contributed by atoms with Crippen molar-refractivity contribution in [2.45, 2.75) is 20.0 Å². The van der Waals surface area contributed by atoms with Gasteiger partial charge in [-0.15, -0.1) is 0 Å². The lowest BCUT2D eigenvalue weighted by molar-refractivity contribution is 0.191. The first-order valence-electron chi connectivity index (χ1n) is 6.60. The first kappa shape index (κ1) is 13.8. The molecule has 108 valence electrons. The molecule has 0 bridgehead atoms. The summed E-state index contributed by atoms with van der Waals surface area (Å²) in [5.41, 5.74) is 2.06. The molecule has 1 aromatic heterocycles. The van der Waals surface area contributed by atoms with Crippen LogP contribution in [0.2, 0.25) is 0 Å². The summed E-state index contributed by atoms with van der Waals surface area (Å²) < 4.78 is 32.5. The molecule has 0 aliphatic rings. The van der Waals surface area contributed by atoms with E-state index in [0.717, 1.165) is 0 Å². The molecular weight excluding hydrogens is 274 g/mol. The van der Waals surface area contributed by atoms with Gasteiger partial charge in [0.05, 0.1) is 0 Å². The Bertz CT molecular complexity index is 821. The van der Waals surface area contributed by atoms with E-state index in [2.05, 4.69) is 0 Å². The highest BCUT2D eigenvalue weighted by Crippen LogP contribution is 2.33. The maximum Gasteiger partial charge on any atom is 0.141 e. The number of furan rings is 1. The number of hydrogen-bond donors (Lipinski definition) is 1. The number of benzene rings is 2. The van der Waals surface area contributed by atoms with Crippen molar-refractivity contribution in [1.29, 1.82) is 0 Å². The van der Waals surface area contributed by atoms with Crippen LogP contribution in [0.15, 0.2) is 40.8 Å². The van der Waals surface area contributed by atoms with Crippen LogP contribution in [-0.2, 0) is 0 Å². The smallest absolute Gasteiger partial charge is 0.141 e. The molecule has 0 saturated carbocycles. The fourth-order valence-corrected chi connectivity index (χ4v) is 2.40. The lowest BCUT2D eigenvalue weighted by Crippen LogP contribution is -2.01. The number of rotatable bonds is 2. The average Bonchev–Trinajstić information content (AvgIpc) is 2.78. The normalized spacial score (nSPS) is 12.8. The van der Waals surface area contributed by atoms with Crippen molar-refractivity contribution in [2.75, 3.05) is 0 Å². The minimum atomic E-state index is -1.09. The Kier molecular flexibility index (Phi) is 3.26. The number of fused-ring (bicyclic) bond motifs is 1. The van der Waals surface area contributed by atoms with Crippen molar-refractivity contribution in [1.82, 2.24) is 0 Å². The summed E-state index contributed by atoms with van der Waals surface area (Å²) in [5, 5.41) is 11.0. The Morgan fingerprint density at radius 1 is 1.05 bits per heavy atom. The van der Waals surface area contributed by atoms with Gasteiger partial charge in [-0.1, -0.05) is 12.1 Å². The highest BCUT2D eigenvalue weighted by molar-refractivity contribution is 5.82. The molecule has 0 aliphatic heterocycles. The second-order valence-electron chi connectivity index (χ2n) is 5.14. The van der Waals surface area contributed by atoms with Crippen LogP contribution in [0, 0.1) is 25.5 Å². The van der Waals surface area contributed by atoms with E-state index in [1.807, 2.05) is 0 Å². The molecule has 0 spiro atoms. The van der Waals surface area contributed by atoms with Crippen LogP contribution < -0.4 is 0 Å². The van der Waals surface area contributed by atoms with Gasteiger partial charge in [0, 0.05) is 10.9 Å². The van der Waals surface area contributed by atoms with Gasteiger partial charge in [0.1, 0.15) is 29.1 Å². The van der Waals surface area contributed by atoms with Gasteiger partial charge in [-0.2, -0.15) is 0 Å². The largest absolute Gasteiger partial charge is 0.458 e. The molecule has 1 heterocycles. The summed E-state index contributed by atoms with van der Waals surface area (Å²) >= 11 is 0. The summed E-state index contributed by atoms with van der Waals surface area (Å²) in [6, 6.07) is 8.71. The first-order chi connectivity index (χ1) is 9.97. The monoisotopic (exact) mass is 288 g/mol. The summed E-state index contributed by atoms with van der Waals surface area (Å²) in [6.07, 6.45) is -1.09. The van der Waals surface area contributed by atoms with Gasteiger partial charge >= 0.3 is 0 Å². The molecule has 0 radical (unpaired) electrons. The van der Waals surface area contributed by atoms with Crippen LogP contribution in [0.1, 0.15) is 28.6 Å². The molecule has 0 saturated heterocycles. The van der Waals surface area contributed by atoms with Crippen LogP contribution >= 0.6 is 0 Å². The van der Waals surface area contributed by atoms with Crippen molar-refractivity contribution < 1.29 is 18.3 Å². The van der Waals surface area contributed by atoms with Crippen LogP contribution in [0.25, 0.3) is 11.0 Å². The van der Waals surface area contributed by atoms with Crippen LogP contribution in [0.4, 0.5) is 8.78 Å². The van der Waals surface area contributed by atoms with Gasteiger partial charge in [0.25, 0.3) is 0 Å². The van der Waals surface area contributed by atoms with Gasteiger partial charge < -0.3 is 9.52 Å². The molecule has 1 N–H and O–H groups in total. The zero-order valence-corrected chi connectivity index (χ0v) is 11.7. The third kappa shape index (κ3) is 2.32. The third-order valence-corrected chi connectivity index (χ3v) is 3.70. The zero-order valence-electron chi connectivity index (χ0n) is 11.7. The summed E-state index contributed by atoms with van der Waals surface area (Å²) in [5.74, 6) is -0.445. The molecule has 0 fully saturated rings. The molecule has 1 unspecified atom stereocenters. The summed E-state index contributed by atoms with van der Waals surface area (Å²) in [7, 11) is 0. The first-order valence-corrected chi connectivity index (χ1v) is 6.60. The maximum absolute atomic E-state index is 13.6. The van der Waals surface area contributed by atoms with Gasteiger partial charge in [-0.05, 0) is 49.2 Å². The Morgan fingerprint density at radius 2 is 1.81 bits per heavy atom. The minimum Gasteiger partial charge on any atom is -0.458 e. The van der Waals surface area contributed by atoms with Crippen molar-refractivity contribution in [3.63, 3.8) is 0 Å². The van der Waals surface area contributed by atoms with E-state index in [9.17, 15) is 13.9 Å². The summed E-state index contributed by atoms with van der Waals surface area (Å²) in [4.78, 5) is 0. The fourth-order valence-electron chi connectivity index (χ4n) is 2.40. The Labute approximate surface area is 120 Å². The molecule has 4 heteroatoms. The van der Waals surface area contributed by atoms with Crippen LogP contribution in [0.3, 0.4) is 0 Å². The third-order valence-electron chi connectivity index (χ3n) is 3.70. The molecule has 2 aromatic carbocycles. The van der Waals surface area contributed by atoms with E-state index in [0.29, 0.717) is 33.4 Å². The molecule has 3 aromatic rings. The second-order valence-corrected chi connectivity index (χ2v) is 5.14. The Balaban J connectivity index is 2.10. The number of aliphatic hydroxyl groups excluding tert-OH is 1. The summed E-state index contributed by atoms with van der Waals surface area (Å²) in [6.45, 7) is 3.40. The van der Waals surface area contributed by atoms with E-state index < -0.39 is 6.10 Å². The number of aryl methyl sites for hydroxylation is 2. The quantitative estimate of drug-likeness (QED) is 0.757. The molecule has 3 rings (SSSR count). The second kappa shape index (κ2) is 4.97. The minimum absolute atomic E-state index is 0.304. The van der Waals surface area contributed by atoms with Crippen molar-refractivity contribution in [3.8, 4) is 0 Å². The maximum atomic E-state index is 13.6. The average molecular weight is 288 g/mol. The van der Waals surface area contributed by atoms with Crippen molar-refractivity contribution in [3.05, 3.63) is 70.5 Å². The van der Waals surface area contributed by atoms with Crippen molar-refractivity contribution in [2.24, 2.45) is 0 Å². The van der Waals surface area contributed by atoms with Crippen molar-refractivity contribution >= 4 is 11.0 Å². The SMILES string of the molecule is Cc1ccc(C(O)c2oc3ccc(F)cc3c2C)cc1F. The molecule has 0 aliphatic carbocycles. The lowest BCUT2D eigenvalue weighted by atomic mass is 10.0. The fraction of sp³-hybridized carbons (Fsp3) is 0.176. The Morgan fingerprint density at radius 3 is 2.52 bits per heavy atom. The topological polar surface area (TPSA) is 33.4 Å². The van der Waals surface area contributed by atoms with E-state index in [-0.39, 0.29) is 11.6 Å². The number of aliphatic hydroxyl groups is 1. The molecule has 2 nitrogen and oxygen atoms in total. The lowest BCUT2D eigenvalue weighted by Gasteiger charge is -2.10. The standard InChI is InChI=1S/C17H14F2O2/c1-9-3-4-11(7-14(9)19)16(20)17-10(2)13-8-12(18)5-6-15(13)21-17/h3-8,16,20H,1-2H3. The van der Waals surface area contributed by atoms with Gasteiger partial charge in [0.15, 0.2) is 0 Å². The van der Waals surface area contributed by atoms with Crippen LogP contribution in [-0.4, -0.2) is 5.11 Å². The van der Waals surface area contributed by atoms with E-state index in [1.54, 1.807) is 26.0 Å². The zero-order chi connectivity index (χ0) is 15.1. The van der Waals surface area contributed by atoms with Gasteiger partial charge in [-0.25, -0.2) is 8.78 Å². The predicted octanol–water partition coefficient (Wildman–Crippen LogP) is 4.41. The van der Waals surface area contributed by atoms with E-state index in [4.69, 9.17) is 4.42 Å². The van der Waals surface area contributed by atoms with Gasteiger partial charge in [-0.3, -0.25) is 0 Å². The van der Waals surface area contributed by atoms with E-state index >= 15 is 0 Å². The van der Waals surface area contributed by atoms with E-state index in [1.165, 1.54) is 24.3 Å². The molecule has 1 atom stereocenters. The highest BCUT2D eigenvalue weighted by atomic mass is 19.1. The van der Waals surface area contributed by atoms with Crippen LogP contribution in [0.5, 0.6) is 0 Å².